The highest BCUT2D eigenvalue weighted by Crippen LogP contribution is 2.22. The second-order valence-electron chi connectivity index (χ2n) is 2.81. The number of hydrogen-bond donors (Lipinski definition) is 0. The molecule has 1 aromatic carbocycles. The number of carbonyl (C=O) groups excluding carboxylic acids is 2. The Labute approximate surface area is 84.7 Å². The van der Waals surface area contributed by atoms with Gasteiger partial charge in [0.1, 0.15) is 12.0 Å². The van der Waals surface area contributed by atoms with E-state index in [1.54, 1.807) is 0 Å². The van der Waals surface area contributed by atoms with Crippen LogP contribution >= 0.6 is 0 Å². The molecule has 0 fully saturated rings. The van der Waals surface area contributed by atoms with Crippen molar-refractivity contribution in [2.45, 2.75) is 13.5 Å². The molecule has 0 spiro atoms. The molecule has 0 aliphatic rings. The zero-order valence-electron chi connectivity index (χ0n) is 7.87. The van der Waals surface area contributed by atoms with Crippen LogP contribution in [0.25, 0.3) is 0 Å². The largest absolute Gasteiger partial charge is 0.434 e. The van der Waals surface area contributed by atoms with Gasteiger partial charge in [-0.2, -0.15) is 8.78 Å². The maximum absolute atomic E-state index is 12.0. The summed E-state index contributed by atoms with van der Waals surface area (Å²) in [7, 11) is 0. The first-order valence-electron chi connectivity index (χ1n) is 4.09. The van der Waals surface area contributed by atoms with E-state index in [9.17, 15) is 18.4 Å². The lowest BCUT2D eigenvalue weighted by atomic mass is 10.1. The van der Waals surface area contributed by atoms with E-state index >= 15 is 0 Å². The second kappa shape index (κ2) is 4.63. The molecule has 0 heterocycles. The molecule has 0 saturated carbocycles. The number of aldehydes is 1. The third-order valence-electron chi connectivity index (χ3n) is 1.74. The standard InChI is InChI=1S/C10H8F2O3/c1-6(14)8-3-2-7(5-13)4-9(8)15-10(11)12/h2-5,10H,1H3. The van der Waals surface area contributed by atoms with E-state index in [1.807, 2.05) is 0 Å². The predicted molar refractivity (Wildman–Crippen MR) is 48.5 cm³/mol. The summed E-state index contributed by atoms with van der Waals surface area (Å²) in [6, 6.07) is 3.75. The summed E-state index contributed by atoms with van der Waals surface area (Å²) in [6.45, 7) is -1.79. The fraction of sp³-hybridized carbons (Fsp3) is 0.200. The molecule has 1 rings (SSSR count). The average molecular weight is 214 g/mol. The van der Waals surface area contributed by atoms with Crippen LogP contribution in [-0.4, -0.2) is 18.7 Å². The number of ketones is 1. The fourth-order valence-electron chi connectivity index (χ4n) is 1.10. The number of hydrogen-bond acceptors (Lipinski definition) is 3. The van der Waals surface area contributed by atoms with Gasteiger partial charge in [0, 0.05) is 5.56 Å². The van der Waals surface area contributed by atoms with E-state index in [0.717, 1.165) is 6.07 Å². The van der Waals surface area contributed by atoms with Crippen molar-refractivity contribution >= 4 is 12.1 Å². The molecule has 0 aliphatic heterocycles. The Hall–Kier alpha value is -1.78. The molecule has 0 amide bonds. The summed E-state index contributed by atoms with van der Waals surface area (Å²) in [5.74, 6) is -0.676. The van der Waals surface area contributed by atoms with Gasteiger partial charge < -0.3 is 4.74 Å². The van der Waals surface area contributed by atoms with E-state index in [1.165, 1.54) is 19.1 Å². The van der Waals surface area contributed by atoms with Crippen LogP contribution in [0.2, 0.25) is 0 Å². The van der Waals surface area contributed by atoms with E-state index in [2.05, 4.69) is 4.74 Å². The van der Waals surface area contributed by atoms with Crippen molar-refractivity contribution in [2.24, 2.45) is 0 Å². The average Bonchev–Trinajstić information content (AvgIpc) is 2.16. The van der Waals surface area contributed by atoms with Gasteiger partial charge in [0.15, 0.2) is 5.78 Å². The lowest BCUT2D eigenvalue weighted by molar-refractivity contribution is -0.0501. The zero-order valence-corrected chi connectivity index (χ0v) is 7.87. The number of carbonyl (C=O) groups is 2. The molecule has 0 saturated heterocycles. The summed E-state index contributed by atoms with van der Waals surface area (Å²) >= 11 is 0. The Balaban J connectivity index is 3.16. The van der Waals surface area contributed by atoms with Gasteiger partial charge in [-0.05, 0) is 19.1 Å². The molecule has 80 valence electrons. The van der Waals surface area contributed by atoms with Crippen molar-refractivity contribution in [1.29, 1.82) is 0 Å². The molecule has 0 bridgehead atoms. The minimum atomic E-state index is -3.02. The first-order valence-corrected chi connectivity index (χ1v) is 4.09. The Bertz CT molecular complexity index is 388. The molecule has 15 heavy (non-hydrogen) atoms. The molecule has 1 aromatic rings. The van der Waals surface area contributed by atoms with Gasteiger partial charge in [-0.15, -0.1) is 0 Å². The quantitative estimate of drug-likeness (QED) is 0.570. The van der Waals surface area contributed by atoms with E-state index in [0.29, 0.717) is 6.29 Å². The number of rotatable bonds is 4. The highest BCUT2D eigenvalue weighted by molar-refractivity contribution is 5.97. The number of ether oxygens (including phenoxy) is 1. The maximum atomic E-state index is 12.0. The Morgan fingerprint density at radius 3 is 2.60 bits per heavy atom. The van der Waals surface area contributed by atoms with Gasteiger partial charge in [0.2, 0.25) is 0 Å². The molecular weight excluding hydrogens is 206 g/mol. The smallest absolute Gasteiger partial charge is 0.387 e. The molecule has 0 unspecified atom stereocenters. The number of halogens is 2. The third kappa shape index (κ3) is 2.83. The van der Waals surface area contributed by atoms with Crippen molar-refractivity contribution in [3.63, 3.8) is 0 Å². The van der Waals surface area contributed by atoms with Gasteiger partial charge in [0.05, 0.1) is 5.56 Å². The van der Waals surface area contributed by atoms with Crippen LogP contribution in [0.4, 0.5) is 8.78 Å². The van der Waals surface area contributed by atoms with Crippen LogP contribution in [-0.2, 0) is 0 Å². The van der Waals surface area contributed by atoms with Crippen molar-refractivity contribution in [3.05, 3.63) is 29.3 Å². The summed E-state index contributed by atoms with van der Waals surface area (Å²) in [5.41, 5.74) is 0.205. The summed E-state index contributed by atoms with van der Waals surface area (Å²) in [5, 5.41) is 0. The van der Waals surface area contributed by atoms with Gasteiger partial charge in [-0.3, -0.25) is 9.59 Å². The summed E-state index contributed by atoms with van der Waals surface area (Å²) in [4.78, 5) is 21.4. The van der Waals surface area contributed by atoms with Crippen molar-refractivity contribution in [2.75, 3.05) is 0 Å². The highest BCUT2D eigenvalue weighted by Gasteiger charge is 2.13. The van der Waals surface area contributed by atoms with Crippen molar-refractivity contribution in [1.82, 2.24) is 0 Å². The number of Topliss-reactive ketones (excluding diaryl/α,β-unsaturated/α-hetero) is 1. The number of alkyl halides is 2. The van der Waals surface area contributed by atoms with Crippen molar-refractivity contribution in [3.8, 4) is 5.75 Å². The third-order valence-corrected chi connectivity index (χ3v) is 1.74. The fourth-order valence-corrected chi connectivity index (χ4v) is 1.10. The van der Waals surface area contributed by atoms with Crippen LogP contribution in [0.5, 0.6) is 5.75 Å². The zero-order chi connectivity index (χ0) is 11.4. The van der Waals surface area contributed by atoms with Gasteiger partial charge in [0.25, 0.3) is 0 Å². The predicted octanol–water partition coefficient (Wildman–Crippen LogP) is 2.30. The van der Waals surface area contributed by atoms with Crippen molar-refractivity contribution < 1.29 is 23.1 Å². The van der Waals surface area contributed by atoms with E-state index in [-0.39, 0.29) is 16.9 Å². The van der Waals surface area contributed by atoms with Crippen LogP contribution in [0.15, 0.2) is 18.2 Å². The van der Waals surface area contributed by atoms with Gasteiger partial charge in [-0.25, -0.2) is 0 Å². The monoisotopic (exact) mass is 214 g/mol. The first-order chi connectivity index (χ1) is 7.04. The topological polar surface area (TPSA) is 43.4 Å². The molecule has 0 atom stereocenters. The van der Waals surface area contributed by atoms with Crippen LogP contribution in [0, 0.1) is 0 Å². The first kappa shape index (κ1) is 11.3. The lowest BCUT2D eigenvalue weighted by Gasteiger charge is -2.08. The van der Waals surface area contributed by atoms with E-state index < -0.39 is 12.4 Å². The Morgan fingerprint density at radius 1 is 1.47 bits per heavy atom. The maximum Gasteiger partial charge on any atom is 0.387 e. The highest BCUT2D eigenvalue weighted by atomic mass is 19.3. The van der Waals surface area contributed by atoms with Crippen LogP contribution < -0.4 is 4.74 Å². The molecule has 0 aromatic heterocycles. The Kier molecular flexibility index (Phi) is 3.49. The molecule has 3 nitrogen and oxygen atoms in total. The van der Waals surface area contributed by atoms with Gasteiger partial charge >= 0.3 is 6.61 Å². The molecule has 0 N–H and O–H groups in total. The normalized spacial score (nSPS) is 10.1. The SMILES string of the molecule is CC(=O)c1ccc(C=O)cc1OC(F)F. The molecule has 0 radical (unpaired) electrons. The summed E-state index contributed by atoms with van der Waals surface area (Å²) in [6.07, 6.45) is 0.488. The van der Waals surface area contributed by atoms with Crippen LogP contribution in [0.3, 0.4) is 0 Å². The molecule has 5 heteroatoms. The van der Waals surface area contributed by atoms with Gasteiger partial charge in [-0.1, -0.05) is 6.07 Å². The minimum Gasteiger partial charge on any atom is -0.434 e. The van der Waals surface area contributed by atoms with Crippen LogP contribution in [0.1, 0.15) is 27.6 Å². The van der Waals surface area contributed by atoms with E-state index in [4.69, 9.17) is 0 Å². The Morgan fingerprint density at radius 2 is 2.13 bits per heavy atom. The second-order valence-corrected chi connectivity index (χ2v) is 2.81. The lowest BCUT2D eigenvalue weighted by Crippen LogP contribution is -2.07. The minimum absolute atomic E-state index is 0.0286. The molecule has 0 aliphatic carbocycles. The summed E-state index contributed by atoms with van der Waals surface area (Å²) < 4.78 is 28.1. The molecular formula is C10H8F2O3. The number of benzene rings is 1.